The quantitative estimate of drug-likeness (QED) is 0.804. The number of primary amides is 1. The Balaban J connectivity index is 2.43. The molecule has 0 bridgehead atoms. The van der Waals surface area contributed by atoms with Gasteiger partial charge in [-0.3, -0.25) is 4.79 Å². The number of nitrogens with two attached hydrogens (primary N) is 2. The van der Waals surface area contributed by atoms with Crippen LogP contribution in [0.4, 0.5) is 5.69 Å². The lowest BCUT2D eigenvalue weighted by molar-refractivity contribution is -0.126. The van der Waals surface area contributed by atoms with Gasteiger partial charge in [-0.1, -0.05) is 0 Å². The fourth-order valence-corrected chi connectivity index (χ4v) is 4.49. The van der Waals surface area contributed by atoms with Crippen LogP contribution in [0.15, 0.2) is 17.0 Å². The van der Waals surface area contributed by atoms with Crippen molar-refractivity contribution in [3.8, 4) is 0 Å². The maximum absolute atomic E-state index is 12.8. The van der Waals surface area contributed by atoms with E-state index in [1.807, 2.05) is 0 Å². The maximum Gasteiger partial charge on any atom is 0.243 e. The molecule has 0 radical (unpaired) electrons. The van der Waals surface area contributed by atoms with Crippen LogP contribution in [0.25, 0.3) is 0 Å². The zero-order valence-electron chi connectivity index (χ0n) is 12.5. The number of hydrogen-bond donors (Lipinski definition) is 2. The van der Waals surface area contributed by atoms with Gasteiger partial charge in [-0.2, -0.15) is 4.31 Å². The number of benzene rings is 1. The van der Waals surface area contributed by atoms with Crippen LogP contribution in [0, 0.1) is 19.3 Å². The molecular weight excluding hydrogens is 290 g/mol. The van der Waals surface area contributed by atoms with E-state index in [9.17, 15) is 13.2 Å². The van der Waals surface area contributed by atoms with Gasteiger partial charge in [-0.15, -0.1) is 0 Å². The van der Waals surface area contributed by atoms with Crippen LogP contribution in [0.2, 0.25) is 0 Å². The lowest BCUT2D eigenvalue weighted by Crippen LogP contribution is -2.38. The highest BCUT2D eigenvalue weighted by molar-refractivity contribution is 7.89. The second kappa shape index (κ2) is 4.99. The van der Waals surface area contributed by atoms with Gasteiger partial charge in [0.1, 0.15) is 0 Å². The number of anilines is 1. The van der Waals surface area contributed by atoms with Gasteiger partial charge in [0.2, 0.25) is 15.9 Å². The van der Waals surface area contributed by atoms with E-state index in [2.05, 4.69) is 0 Å². The molecule has 1 heterocycles. The van der Waals surface area contributed by atoms with Crippen molar-refractivity contribution in [1.29, 1.82) is 0 Å². The lowest BCUT2D eigenvalue weighted by Gasteiger charge is -2.22. The Morgan fingerprint density at radius 3 is 2.48 bits per heavy atom. The summed E-state index contributed by atoms with van der Waals surface area (Å²) in [5.74, 6) is -0.472. The average Bonchev–Trinajstić information content (AvgIpc) is 2.78. The molecule has 1 amide bonds. The molecule has 6 nitrogen and oxygen atoms in total. The molecule has 2 rings (SSSR count). The SMILES string of the molecule is Cc1cc(N)c(C)c(S(=O)(=O)N2CCC(C)(C(N)=O)C2)c1. The number of nitrogen functional groups attached to an aromatic ring is 1. The highest BCUT2D eigenvalue weighted by atomic mass is 32.2. The number of amides is 1. The van der Waals surface area contributed by atoms with E-state index in [0.717, 1.165) is 5.56 Å². The van der Waals surface area contributed by atoms with Crippen LogP contribution in [0.5, 0.6) is 0 Å². The molecule has 1 unspecified atom stereocenters. The van der Waals surface area contributed by atoms with E-state index >= 15 is 0 Å². The Morgan fingerprint density at radius 1 is 1.33 bits per heavy atom. The van der Waals surface area contributed by atoms with Crippen LogP contribution in [-0.2, 0) is 14.8 Å². The van der Waals surface area contributed by atoms with Gasteiger partial charge in [0, 0.05) is 18.8 Å². The third kappa shape index (κ3) is 2.63. The fourth-order valence-electron chi connectivity index (χ4n) is 2.58. The summed E-state index contributed by atoms with van der Waals surface area (Å²) < 4.78 is 26.9. The highest BCUT2D eigenvalue weighted by Crippen LogP contribution is 2.35. The summed E-state index contributed by atoms with van der Waals surface area (Å²) >= 11 is 0. The first-order valence-corrected chi connectivity index (χ1v) is 8.19. The largest absolute Gasteiger partial charge is 0.398 e. The third-order valence-corrected chi connectivity index (χ3v) is 6.17. The summed E-state index contributed by atoms with van der Waals surface area (Å²) in [5.41, 5.74) is 12.2. The topological polar surface area (TPSA) is 106 Å². The van der Waals surface area contributed by atoms with Gasteiger partial charge in [0.05, 0.1) is 10.3 Å². The van der Waals surface area contributed by atoms with E-state index in [-0.39, 0.29) is 18.0 Å². The highest BCUT2D eigenvalue weighted by Gasteiger charge is 2.44. The van der Waals surface area contributed by atoms with Gasteiger partial charge in [-0.25, -0.2) is 8.42 Å². The molecule has 0 aromatic heterocycles. The molecule has 1 saturated heterocycles. The number of nitrogens with zero attached hydrogens (tertiary/aromatic N) is 1. The third-order valence-electron chi connectivity index (χ3n) is 4.20. The number of aryl methyl sites for hydroxylation is 1. The second-order valence-corrected chi connectivity index (χ2v) is 7.90. The minimum absolute atomic E-state index is 0.109. The van der Waals surface area contributed by atoms with Crippen molar-refractivity contribution < 1.29 is 13.2 Å². The van der Waals surface area contributed by atoms with Crippen molar-refractivity contribution in [1.82, 2.24) is 4.31 Å². The van der Waals surface area contributed by atoms with Crippen LogP contribution in [0.3, 0.4) is 0 Å². The number of hydrogen-bond acceptors (Lipinski definition) is 4. The van der Waals surface area contributed by atoms with Crippen LogP contribution >= 0.6 is 0 Å². The van der Waals surface area contributed by atoms with Crippen molar-refractivity contribution in [2.24, 2.45) is 11.1 Å². The number of carbonyl (C=O) groups is 1. The van der Waals surface area contributed by atoms with E-state index in [0.29, 0.717) is 17.7 Å². The van der Waals surface area contributed by atoms with Gasteiger partial charge in [0.25, 0.3) is 0 Å². The molecule has 1 aliphatic heterocycles. The first-order valence-electron chi connectivity index (χ1n) is 6.75. The molecule has 0 saturated carbocycles. The molecule has 1 aromatic carbocycles. The van der Waals surface area contributed by atoms with Crippen molar-refractivity contribution >= 4 is 21.6 Å². The fraction of sp³-hybridized carbons (Fsp3) is 0.500. The minimum atomic E-state index is -3.67. The smallest absolute Gasteiger partial charge is 0.243 e. The molecular formula is C14H21N3O3S. The number of carbonyl (C=O) groups excluding carboxylic acids is 1. The van der Waals surface area contributed by atoms with Crippen molar-refractivity contribution in [3.63, 3.8) is 0 Å². The standard InChI is InChI=1S/C14H21N3O3S/c1-9-6-11(15)10(2)12(7-9)21(19,20)17-5-4-14(3,8-17)13(16)18/h6-7H,4-5,8,15H2,1-3H3,(H2,16,18). The first kappa shape index (κ1) is 15.8. The maximum atomic E-state index is 12.8. The Labute approximate surface area is 125 Å². The van der Waals surface area contributed by atoms with E-state index in [1.165, 1.54) is 4.31 Å². The van der Waals surface area contributed by atoms with E-state index in [4.69, 9.17) is 11.5 Å². The average molecular weight is 311 g/mol. The zero-order chi connectivity index (χ0) is 16.0. The Hall–Kier alpha value is -1.60. The monoisotopic (exact) mass is 311 g/mol. The molecule has 1 aromatic rings. The van der Waals surface area contributed by atoms with E-state index in [1.54, 1.807) is 32.9 Å². The van der Waals surface area contributed by atoms with Gasteiger partial charge >= 0.3 is 0 Å². The first-order chi connectivity index (χ1) is 9.58. The number of sulfonamides is 1. The van der Waals surface area contributed by atoms with Gasteiger partial charge in [-0.05, 0) is 50.5 Å². The minimum Gasteiger partial charge on any atom is -0.398 e. The Morgan fingerprint density at radius 2 is 1.95 bits per heavy atom. The van der Waals surface area contributed by atoms with Gasteiger partial charge in [0.15, 0.2) is 0 Å². The van der Waals surface area contributed by atoms with Crippen molar-refractivity contribution in [2.75, 3.05) is 18.8 Å². The summed E-state index contributed by atoms with van der Waals surface area (Å²) in [6.07, 6.45) is 0.432. The molecule has 21 heavy (non-hydrogen) atoms. The number of rotatable bonds is 3. The Bertz CT molecular complexity index is 700. The summed E-state index contributed by atoms with van der Waals surface area (Å²) in [7, 11) is -3.67. The predicted octanol–water partition coefficient (Wildman–Crippen LogP) is 0.772. The zero-order valence-corrected chi connectivity index (χ0v) is 13.3. The van der Waals surface area contributed by atoms with Crippen molar-refractivity contribution in [3.05, 3.63) is 23.3 Å². The molecule has 116 valence electrons. The molecule has 1 aliphatic rings. The summed E-state index contributed by atoms with van der Waals surface area (Å²) in [6, 6.07) is 3.35. The van der Waals surface area contributed by atoms with Crippen LogP contribution in [0.1, 0.15) is 24.5 Å². The molecule has 4 N–H and O–H groups in total. The van der Waals surface area contributed by atoms with Gasteiger partial charge < -0.3 is 11.5 Å². The normalized spacial score (nSPS) is 23.4. The lowest BCUT2D eigenvalue weighted by atomic mass is 9.89. The molecule has 0 spiro atoms. The summed E-state index contributed by atoms with van der Waals surface area (Å²) in [6.45, 7) is 5.58. The second-order valence-electron chi connectivity index (χ2n) is 5.99. The molecule has 1 fully saturated rings. The molecule has 0 aliphatic carbocycles. The van der Waals surface area contributed by atoms with Crippen LogP contribution in [-0.4, -0.2) is 31.7 Å². The molecule has 1 atom stereocenters. The predicted molar refractivity (Wildman–Crippen MR) is 81.0 cm³/mol. The van der Waals surface area contributed by atoms with Crippen LogP contribution < -0.4 is 11.5 Å². The summed E-state index contributed by atoms with van der Waals surface area (Å²) in [4.78, 5) is 11.7. The van der Waals surface area contributed by atoms with Crippen molar-refractivity contribution in [2.45, 2.75) is 32.1 Å². The summed E-state index contributed by atoms with van der Waals surface area (Å²) in [5, 5.41) is 0. The Kier molecular flexibility index (Phi) is 3.75. The molecule has 7 heteroatoms. The van der Waals surface area contributed by atoms with E-state index < -0.39 is 21.3 Å².